The Kier molecular flexibility index (Phi) is 6.54. The van der Waals surface area contributed by atoms with Crippen LogP contribution in [0.25, 0.3) is 0 Å². The molecular formula is C22H27N3O5S. The molecule has 2 aliphatic rings. The summed E-state index contributed by atoms with van der Waals surface area (Å²) >= 11 is 0. The average molecular weight is 446 g/mol. The van der Waals surface area contributed by atoms with Crippen molar-refractivity contribution in [1.82, 2.24) is 4.31 Å². The molecule has 2 heterocycles. The maximum absolute atomic E-state index is 13.1. The van der Waals surface area contributed by atoms with Gasteiger partial charge in [0.2, 0.25) is 10.0 Å². The van der Waals surface area contributed by atoms with Crippen molar-refractivity contribution in [2.75, 3.05) is 37.7 Å². The van der Waals surface area contributed by atoms with Gasteiger partial charge in [-0.3, -0.25) is 10.1 Å². The van der Waals surface area contributed by atoms with Gasteiger partial charge in [-0.2, -0.15) is 4.31 Å². The van der Waals surface area contributed by atoms with Crippen molar-refractivity contribution in [2.45, 2.75) is 36.7 Å². The third-order valence-corrected chi connectivity index (χ3v) is 7.82. The highest BCUT2D eigenvalue weighted by atomic mass is 32.2. The van der Waals surface area contributed by atoms with E-state index in [9.17, 15) is 18.5 Å². The number of rotatable bonds is 5. The summed E-state index contributed by atoms with van der Waals surface area (Å²) in [5.74, 6) is 0. The van der Waals surface area contributed by atoms with Gasteiger partial charge < -0.3 is 9.64 Å². The molecular weight excluding hydrogens is 418 g/mol. The van der Waals surface area contributed by atoms with E-state index < -0.39 is 14.9 Å². The molecule has 2 aliphatic heterocycles. The molecule has 0 bridgehead atoms. The minimum Gasteiger partial charge on any atom is -0.370 e. The van der Waals surface area contributed by atoms with Crippen LogP contribution in [-0.4, -0.2) is 50.4 Å². The molecule has 0 aromatic heterocycles. The van der Waals surface area contributed by atoms with Gasteiger partial charge in [0.1, 0.15) is 11.8 Å². The summed E-state index contributed by atoms with van der Waals surface area (Å²) in [6.07, 6.45) is 3.44. The Labute approximate surface area is 182 Å². The zero-order valence-corrected chi connectivity index (χ0v) is 18.2. The summed E-state index contributed by atoms with van der Waals surface area (Å²) in [6.45, 7) is 2.32. The maximum Gasteiger partial charge on any atom is 0.293 e. The fourth-order valence-electron chi connectivity index (χ4n) is 4.25. The van der Waals surface area contributed by atoms with Crippen LogP contribution >= 0.6 is 0 Å². The number of ether oxygens (including phenoxy) is 1. The Hall–Kier alpha value is -2.49. The lowest BCUT2D eigenvalue weighted by molar-refractivity contribution is -0.384. The Bertz CT molecular complexity index is 1020. The van der Waals surface area contributed by atoms with Crippen LogP contribution in [0.5, 0.6) is 0 Å². The molecule has 0 radical (unpaired) electrons. The molecule has 1 atom stereocenters. The van der Waals surface area contributed by atoms with Crippen LogP contribution < -0.4 is 4.90 Å². The van der Waals surface area contributed by atoms with E-state index >= 15 is 0 Å². The quantitative estimate of drug-likeness (QED) is 0.514. The van der Waals surface area contributed by atoms with E-state index in [1.807, 2.05) is 35.2 Å². The molecule has 0 spiro atoms. The van der Waals surface area contributed by atoms with E-state index in [0.29, 0.717) is 38.5 Å². The van der Waals surface area contributed by atoms with Gasteiger partial charge in [0.05, 0.1) is 16.4 Å². The third-order valence-electron chi connectivity index (χ3n) is 5.92. The standard InChI is InChI=1S/C22H27N3O5S/c26-25(27)21-16-19(31(28,29)24-12-6-1-2-7-13-24)10-11-20(21)23-14-15-30-22(17-23)18-8-4-3-5-9-18/h3-5,8-11,16,22H,1-2,6-7,12-15,17H2/t22-/m1/s1. The predicted octanol–water partition coefficient (Wildman–Crippen LogP) is 3.74. The average Bonchev–Trinajstić information content (AvgIpc) is 3.09. The topological polar surface area (TPSA) is 93.0 Å². The van der Waals surface area contributed by atoms with Gasteiger partial charge in [0, 0.05) is 32.2 Å². The fraction of sp³-hybridized carbons (Fsp3) is 0.455. The van der Waals surface area contributed by atoms with Crippen LogP contribution in [0.4, 0.5) is 11.4 Å². The zero-order valence-electron chi connectivity index (χ0n) is 17.4. The lowest BCUT2D eigenvalue weighted by Gasteiger charge is -2.34. The second kappa shape index (κ2) is 9.33. The van der Waals surface area contributed by atoms with E-state index in [-0.39, 0.29) is 16.7 Å². The van der Waals surface area contributed by atoms with Crippen molar-refractivity contribution >= 4 is 21.4 Å². The van der Waals surface area contributed by atoms with Crippen LogP contribution in [0, 0.1) is 10.1 Å². The summed E-state index contributed by atoms with van der Waals surface area (Å²) < 4.78 is 33.5. The first-order valence-electron chi connectivity index (χ1n) is 10.7. The van der Waals surface area contributed by atoms with E-state index in [2.05, 4.69) is 0 Å². The molecule has 0 N–H and O–H groups in total. The van der Waals surface area contributed by atoms with Crippen LogP contribution in [0.1, 0.15) is 37.4 Å². The lowest BCUT2D eigenvalue weighted by atomic mass is 10.1. The van der Waals surface area contributed by atoms with E-state index in [1.165, 1.54) is 16.4 Å². The number of hydrogen-bond acceptors (Lipinski definition) is 6. The largest absolute Gasteiger partial charge is 0.370 e. The van der Waals surface area contributed by atoms with Gasteiger partial charge in [0.25, 0.3) is 5.69 Å². The molecule has 0 aliphatic carbocycles. The minimum atomic E-state index is -3.76. The number of nitro groups is 1. The molecule has 8 nitrogen and oxygen atoms in total. The SMILES string of the molecule is O=[N+]([O-])c1cc(S(=O)(=O)N2CCCCCC2)ccc1N1CCO[C@@H](c2ccccc2)C1. The first-order chi connectivity index (χ1) is 15.0. The van der Waals surface area contributed by atoms with Gasteiger partial charge in [-0.05, 0) is 30.5 Å². The summed E-state index contributed by atoms with van der Waals surface area (Å²) in [4.78, 5) is 13.3. The molecule has 2 fully saturated rings. The third kappa shape index (κ3) is 4.73. The second-order valence-corrected chi connectivity index (χ2v) is 9.88. The highest BCUT2D eigenvalue weighted by molar-refractivity contribution is 7.89. The summed E-state index contributed by atoms with van der Waals surface area (Å²) in [7, 11) is -3.76. The molecule has 2 aromatic rings. The second-order valence-electron chi connectivity index (χ2n) is 7.94. The maximum atomic E-state index is 13.1. The van der Waals surface area contributed by atoms with Gasteiger partial charge in [-0.1, -0.05) is 43.2 Å². The summed E-state index contributed by atoms with van der Waals surface area (Å²) in [5.41, 5.74) is 1.24. The fourth-order valence-corrected chi connectivity index (χ4v) is 5.78. The molecule has 2 saturated heterocycles. The highest BCUT2D eigenvalue weighted by Gasteiger charge is 2.31. The Morgan fingerprint density at radius 2 is 1.68 bits per heavy atom. The molecule has 0 saturated carbocycles. The molecule has 0 unspecified atom stereocenters. The van der Waals surface area contributed by atoms with Crippen molar-refractivity contribution in [1.29, 1.82) is 0 Å². The smallest absolute Gasteiger partial charge is 0.293 e. The van der Waals surface area contributed by atoms with Gasteiger partial charge >= 0.3 is 0 Å². The Balaban J connectivity index is 1.62. The number of benzene rings is 2. The molecule has 9 heteroatoms. The normalized spacial score (nSPS) is 20.9. The summed E-state index contributed by atoms with van der Waals surface area (Å²) in [5, 5.41) is 11.9. The molecule has 4 rings (SSSR count). The van der Waals surface area contributed by atoms with E-state index in [0.717, 1.165) is 31.2 Å². The number of anilines is 1. The highest BCUT2D eigenvalue weighted by Crippen LogP contribution is 2.35. The van der Waals surface area contributed by atoms with Crippen molar-refractivity contribution in [2.24, 2.45) is 0 Å². The van der Waals surface area contributed by atoms with E-state index in [1.54, 1.807) is 6.07 Å². The molecule has 0 amide bonds. The van der Waals surface area contributed by atoms with Gasteiger partial charge in [-0.15, -0.1) is 0 Å². The van der Waals surface area contributed by atoms with Crippen molar-refractivity contribution < 1.29 is 18.1 Å². The zero-order chi connectivity index (χ0) is 21.8. The summed E-state index contributed by atoms with van der Waals surface area (Å²) in [6, 6.07) is 14.0. The number of hydrogen-bond donors (Lipinski definition) is 0. The Morgan fingerprint density at radius 1 is 0.968 bits per heavy atom. The van der Waals surface area contributed by atoms with Gasteiger partial charge in [-0.25, -0.2) is 8.42 Å². The number of sulfonamides is 1. The van der Waals surface area contributed by atoms with Gasteiger partial charge in [0.15, 0.2) is 0 Å². The van der Waals surface area contributed by atoms with Crippen LogP contribution in [0.3, 0.4) is 0 Å². The van der Waals surface area contributed by atoms with Crippen molar-refractivity contribution in [3.8, 4) is 0 Å². The van der Waals surface area contributed by atoms with Crippen LogP contribution in [0.2, 0.25) is 0 Å². The number of nitrogens with zero attached hydrogens (tertiary/aromatic N) is 3. The first kappa shape index (κ1) is 21.7. The minimum absolute atomic E-state index is 0.0160. The van der Waals surface area contributed by atoms with Crippen molar-refractivity contribution in [3.05, 3.63) is 64.2 Å². The van der Waals surface area contributed by atoms with Crippen molar-refractivity contribution in [3.63, 3.8) is 0 Å². The monoisotopic (exact) mass is 445 g/mol. The molecule has 31 heavy (non-hydrogen) atoms. The number of morpholine rings is 1. The van der Waals surface area contributed by atoms with Crippen LogP contribution in [0.15, 0.2) is 53.4 Å². The Morgan fingerprint density at radius 3 is 2.35 bits per heavy atom. The number of nitro benzene ring substituents is 1. The molecule has 2 aromatic carbocycles. The van der Waals surface area contributed by atoms with E-state index in [4.69, 9.17) is 4.74 Å². The molecule has 166 valence electrons. The van der Waals surface area contributed by atoms with Crippen LogP contribution in [-0.2, 0) is 14.8 Å². The lowest BCUT2D eigenvalue weighted by Crippen LogP contribution is -2.38. The predicted molar refractivity (Wildman–Crippen MR) is 118 cm³/mol. The first-order valence-corrected chi connectivity index (χ1v) is 12.1.